The number of nitrogens with two attached hydrogens (primary N) is 2. The lowest BCUT2D eigenvalue weighted by atomic mass is 10.2. The number of unbranched alkanes of at least 4 members (excludes halogenated alkanes) is 1. The Labute approximate surface area is 109 Å². The molecule has 0 radical (unpaired) electrons. The first-order chi connectivity index (χ1) is 9.08. The zero-order valence-electron chi connectivity index (χ0n) is 10.6. The first kappa shape index (κ1) is 14.9. The molecule has 0 aliphatic carbocycles. The molecule has 9 heteroatoms. The summed E-state index contributed by atoms with van der Waals surface area (Å²) in [7, 11) is 0. The molecule has 0 aliphatic heterocycles. The standard InChI is InChI=1S/C10H16FN7O/c1-7(12)13-6-8(11)4-2-3-5-9(19)14-10-15-17-18-16-10/h4H,2-3,5-6H2,1H3,(H2,12,13)(H2,14,15,16,17,18,19)/p+1/b8-4+. The van der Waals surface area contributed by atoms with E-state index in [-0.39, 0.29) is 24.2 Å². The summed E-state index contributed by atoms with van der Waals surface area (Å²) in [5.74, 6) is 0.123. The lowest BCUT2D eigenvalue weighted by Crippen LogP contribution is -2.83. The lowest BCUT2D eigenvalue weighted by molar-refractivity contribution is -0.491. The molecule has 0 saturated carbocycles. The molecule has 0 fully saturated rings. The summed E-state index contributed by atoms with van der Waals surface area (Å²) >= 11 is 0. The Morgan fingerprint density at radius 1 is 1.63 bits per heavy atom. The lowest BCUT2D eigenvalue weighted by Gasteiger charge is -1.95. The minimum atomic E-state index is -0.348. The van der Waals surface area contributed by atoms with Gasteiger partial charge in [-0.05, 0) is 25.0 Å². The predicted molar refractivity (Wildman–Crippen MR) is 66.0 cm³/mol. The SMILES string of the molecule is CC(N)=NC/C(F)=C\CCCC(=O)[NH2+]c1nn[nH]n1. The fourth-order valence-electron chi connectivity index (χ4n) is 1.25. The normalized spacial score (nSPS) is 12.7. The van der Waals surface area contributed by atoms with Gasteiger partial charge in [-0.15, -0.1) is 0 Å². The number of hydrogen-bond donors (Lipinski definition) is 3. The van der Waals surface area contributed by atoms with Crippen molar-refractivity contribution in [3.63, 3.8) is 0 Å². The molecule has 1 heterocycles. The maximum Gasteiger partial charge on any atom is 0.371 e. The number of tetrazole rings is 1. The van der Waals surface area contributed by atoms with Gasteiger partial charge in [0.05, 0.1) is 18.8 Å². The Hall–Kier alpha value is -2.16. The highest BCUT2D eigenvalue weighted by molar-refractivity contribution is 5.77. The Morgan fingerprint density at radius 2 is 2.42 bits per heavy atom. The van der Waals surface area contributed by atoms with Crippen molar-refractivity contribution in [2.75, 3.05) is 6.54 Å². The van der Waals surface area contributed by atoms with Crippen molar-refractivity contribution in [1.29, 1.82) is 0 Å². The van der Waals surface area contributed by atoms with Gasteiger partial charge in [0, 0.05) is 0 Å². The molecular formula is C10H17FN7O+. The van der Waals surface area contributed by atoms with E-state index in [0.717, 1.165) is 0 Å². The molecule has 5 N–H and O–H groups in total. The molecule has 1 rings (SSSR count). The second-order valence-electron chi connectivity index (χ2n) is 3.88. The number of carbonyl (C=O) groups is 1. The van der Waals surface area contributed by atoms with E-state index >= 15 is 0 Å². The van der Waals surface area contributed by atoms with Crippen LogP contribution in [0.3, 0.4) is 0 Å². The van der Waals surface area contributed by atoms with Crippen molar-refractivity contribution in [3.8, 4) is 0 Å². The maximum atomic E-state index is 13.2. The highest BCUT2D eigenvalue weighted by atomic mass is 19.1. The molecule has 0 aliphatic rings. The monoisotopic (exact) mass is 270 g/mol. The molecule has 0 unspecified atom stereocenters. The van der Waals surface area contributed by atoms with E-state index in [0.29, 0.717) is 25.1 Å². The van der Waals surface area contributed by atoms with Gasteiger partial charge in [-0.25, -0.2) is 14.5 Å². The molecule has 0 aromatic carbocycles. The molecule has 104 valence electrons. The summed E-state index contributed by atoms with van der Waals surface area (Å²) in [5, 5.41) is 14.1. The summed E-state index contributed by atoms with van der Waals surface area (Å²) in [6.07, 6.45) is 2.73. The van der Waals surface area contributed by atoms with E-state index in [4.69, 9.17) is 5.73 Å². The Kier molecular flexibility index (Phi) is 6.30. The summed E-state index contributed by atoms with van der Waals surface area (Å²) in [6, 6.07) is 0. The Bertz CT molecular complexity index is 450. The number of H-pyrrole nitrogens is 1. The molecule has 0 spiro atoms. The second-order valence-corrected chi connectivity index (χ2v) is 3.88. The number of amidine groups is 1. The number of amides is 1. The van der Waals surface area contributed by atoms with Crippen LogP contribution < -0.4 is 11.1 Å². The summed E-state index contributed by atoms with van der Waals surface area (Å²) < 4.78 is 13.2. The van der Waals surface area contributed by atoms with Crippen molar-refractivity contribution < 1.29 is 14.5 Å². The number of halogens is 1. The van der Waals surface area contributed by atoms with Gasteiger partial charge >= 0.3 is 11.9 Å². The number of aromatic nitrogens is 4. The molecule has 1 amide bonds. The average molecular weight is 270 g/mol. The smallest absolute Gasteiger partial charge is 0.371 e. The number of nitrogens with one attached hydrogen (secondary N) is 1. The van der Waals surface area contributed by atoms with Crippen LogP contribution in [0.15, 0.2) is 16.9 Å². The van der Waals surface area contributed by atoms with Gasteiger partial charge in [-0.3, -0.25) is 4.99 Å². The third-order valence-corrected chi connectivity index (χ3v) is 2.12. The number of nitrogens with zero attached hydrogens (tertiary/aromatic N) is 4. The quantitative estimate of drug-likeness (QED) is 0.344. The molecule has 1 aromatic heterocycles. The van der Waals surface area contributed by atoms with E-state index in [1.165, 1.54) is 11.4 Å². The van der Waals surface area contributed by atoms with E-state index in [1.54, 1.807) is 6.92 Å². The average Bonchev–Trinajstić information content (AvgIpc) is 2.85. The molecule has 1 aromatic rings. The van der Waals surface area contributed by atoms with Crippen LogP contribution in [0, 0.1) is 0 Å². The summed E-state index contributed by atoms with van der Waals surface area (Å²) in [5.41, 5.74) is 5.29. The molecule has 8 nitrogen and oxygen atoms in total. The van der Waals surface area contributed by atoms with Crippen LogP contribution in [0.5, 0.6) is 0 Å². The first-order valence-corrected chi connectivity index (χ1v) is 5.80. The summed E-state index contributed by atoms with van der Waals surface area (Å²) in [6.45, 7) is 1.55. The Balaban J connectivity index is 2.18. The molecule has 0 saturated heterocycles. The number of carbonyl (C=O) groups excluding carboxylic acids is 1. The minimum Gasteiger partial charge on any atom is -0.388 e. The van der Waals surface area contributed by atoms with Gasteiger partial charge in [0.15, 0.2) is 0 Å². The van der Waals surface area contributed by atoms with Gasteiger partial charge in [-0.1, -0.05) is 16.3 Å². The topological polar surface area (TPSA) is 127 Å². The van der Waals surface area contributed by atoms with Crippen molar-refractivity contribution in [2.24, 2.45) is 10.7 Å². The number of primary amides is 1. The summed E-state index contributed by atoms with van der Waals surface area (Å²) in [4.78, 5) is 15.2. The maximum absolute atomic E-state index is 13.2. The predicted octanol–water partition coefficient (Wildman–Crippen LogP) is -0.678. The van der Waals surface area contributed by atoms with Gasteiger partial charge in [0.1, 0.15) is 5.83 Å². The highest BCUT2D eigenvalue weighted by Gasteiger charge is 2.10. The zero-order valence-corrected chi connectivity index (χ0v) is 10.6. The van der Waals surface area contributed by atoms with Gasteiger partial charge in [0.2, 0.25) is 0 Å². The fraction of sp³-hybridized carbons (Fsp3) is 0.500. The van der Waals surface area contributed by atoms with E-state index < -0.39 is 0 Å². The van der Waals surface area contributed by atoms with Crippen LogP contribution in [0.25, 0.3) is 0 Å². The molecule has 0 bridgehead atoms. The highest BCUT2D eigenvalue weighted by Crippen LogP contribution is 2.03. The third kappa shape index (κ3) is 6.99. The van der Waals surface area contributed by atoms with Crippen LogP contribution in [-0.4, -0.2) is 38.9 Å². The largest absolute Gasteiger partial charge is 0.388 e. The number of aliphatic imine (C=N–C) groups is 1. The minimum absolute atomic E-state index is 0.0503. The first-order valence-electron chi connectivity index (χ1n) is 5.80. The van der Waals surface area contributed by atoms with Gasteiger partial charge in [-0.2, -0.15) is 5.21 Å². The number of aromatic amines is 1. The van der Waals surface area contributed by atoms with E-state index in [2.05, 4.69) is 25.6 Å². The van der Waals surface area contributed by atoms with Gasteiger partial charge in [0.25, 0.3) is 0 Å². The fourth-order valence-corrected chi connectivity index (χ4v) is 1.25. The van der Waals surface area contributed by atoms with Crippen LogP contribution in [0.2, 0.25) is 0 Å². The number of hydrogen-bond acceptors (Lipinski definition) is 5. The van der Waals surface area contributed by atoms with Crippen molar-refractivity contribution in [1.82, 2.24) is 20.6 Å². The van der Waals surface area contributed by atoms with Crippen LogP contribution in [0.1, 0.15) is 26.2 Å². The van der Waals surface area contributed by atoms with Gasteiger partial charge < -0.3 is 5.73 Å². The second kappa shape index (κ2) is 8.03. The Morgan fingerprint density at radius 3 is 3.05 bits per heavy atom. The van der Waals surface area contributed by atoms with E-state index in [1.807, 2.05) is 0 Å². The van der Waals surface area contributed by atoms with Crippen LogP contribution in [-0.2, 0) is 4.79 Å². The van der Waals surface area contributed by atoms with Crippen molar-refractivity contribution >= 4 is 17.7 Å². The van der Waals surface area contributed by atoms with Crippen LogP contribution in [0.4, 0.5) is 10.3 Å². The third-order valence-electron chi connectivity index (χ3n) is 2.12. The van der Waals surface area contributed by atoms with Crippen molar-refractivity contribution in [2.45, 2.75) is 26.2 Å². The number of rotatable bonds is 7. The molecule has 19 heavy (non-hydrogen) atoms. The molecular weight excluding hydrogens is 253 g/mol. The molecule has 0 atom stereocenters. The number of allylic oxidation sites excluding steroid dienone is 1. The number of quaternary nitrogens is 1. The van der Waals surface area contributed by atoms with E-state index in [9.17, 15) is 9.18 Å². The zero-order chi connectivity index (χ0) is 14.1. The van der Waals surface area contributed by atoms with Crippen LogP contribution >= 0.6 is 0 Å². The van der Waals surface area contributed by atoms with Crippen molar-refractivity contribution in [3.05, 3.63) is 11.9 Å².